The topological polar surface area (TPSA) is 228 Å². The quantitative estimate of drug-likeness (QED) is 0.0238. The van der Waals surface area contributed by atoms with Crippen molar-refractivity contribution in [3.8, 4) is 11.8 Å². The Labute approximate surface area is 499 Å². The second-order valence-corrected chi connectivity index (χ2v) is 23.8. The average molecular weight is 1140 g/mol. The Hall–Kier alpha value is -4.77. The van der Waals surface area contributed by atoms with E-state index in [4.69, 9.17) is 0 Å². The first-order valence-electron chi connectivity index (χ1n) is 33.5. The largest absolute Gasteiger partial charge is 0.357 e. The van der Waals surface area contributed by atoms with Crippen molar-refractivity contribution in [2.24, 2.45) is 0 Å². The van der Waals surface area contributed by atoms with Crippen LogP contribution < -0.4 is 43.8 Å². The van der Waals surface area contributed by atoms with E-state index >= 15 is 0 Å². The van der Waals surface area contributed by atoms with Crippen molar-refractivity contribution in [3.63, 3.8) is 0 Å². The van der Waals surface area contributed by atoms with Crippen LogP contribution in [0.5, 0.6) is 0 Å². The van der Waals surface area contributed by atoms with Gasteiger partial charge in [-0.1, -0.05) is 206 Å². The molecule has 464 valence electrons. The van der Waals surface area contributed by atoms with E-state index in [9.17, 15) is 24.0 Å². The molecule has 0 aliphatic heterocycles. The summed E-state index contributed by atoms with van der Waals surface area (Å²) >= 11 is 0. The Morgan fingerprint density at radius 3 is 0.817 bits per heavy atom. The van der Waals surface area contributed by atoms with E-state index in [1.807, 2.05) is 24.3 Å². The third-order valence-corrected chi connectivity index (χ3v) is 16.4. The van der Waals surface area contributed by atoms with Gasteiger partial charge < -0.3 is 43.8 Å². The molecular formula is C69H121N8O5+3. The Kier molecular flexibility index (Phi) is 43.5. The van der Waals surface area contributed by atoms with Crippen LogP contribution in [0.1, 0.15) is 303 Å². The van der Waals surface area contributed by atoms with Crippen LogP contribution >= 0.6 is 0 Å². The average Bonchev–Trinajstić information content (AvgIpc) is 3.63. The highest BCUT2D eigenvalue weighted by molar-refractivity contribution is 5.95. The Morgan fingerprint density at radius 1 is 0.341 bits per heavy atom. The molecule has 2 aromatic rings. The number of benzene rings is 2. The van der Waals surface area contributed by atoms with Crippen LogP contribution in [-0.2, 0) is 14.4 Å². The highest BCUT2D eigenvalue weighted by Crippen LogP contribution is 2.28. The fourth-order valence-corrected chi connectivity index (χ4v) is 11.2. The van der Waals surface area contributed by atoms with Crippen LogP contribution in [0.25, 0.3) is 0 Å². The number of hydrogen-bond donors (Lipinski definition) is 8. The zero-order chi connectivity index (χ0) is 59.6. The maximum atomic E-state index is 14.4. The van der Waals surface area contributed by atoms with Crippen molar-refractivity contribution in [1.82, 2.24) is 26.6 Å². The summed E-state index contributed by atoms with van der Waals surface area (Å²) in [5.41, 5.74) is 13.2. The standard InChI is InChI=1S/C69H118N8O5/c1-4-7-10-13-16-19-22-25-28-31-56-73-63(78)44-47-68(48-45-64(79)74-57-32-29-26-23-20-17-14-11-8-5-2,49-46-65(80)75-58-33-30-27-24-21-18-15-12-9-6-3)76-66(81)61-40-36-59(37-41-61)34-35-60-38-42-62(43-39-60)67(82)77-69(50-53-70,51-54-71)52-55-72/h36-43H,4-33,44-58,70-72H2,1-3H3,(H,73,78)(H,74,79)(H,75,80)(H,76,81)(H,77,82)/p+3. The first-order valence-corrected chi connectivity index (χ1v) is 33.5. The SMILES string of the molecule is CCCCCCCCCCCCNC(=O)CCC(CCC(=O)NCCCCCCCCCCCC)(CCC(=O)NCCCCCCCCCCCC)NC(=O)c1ccc(C#Cc2ccc(C(=O)NC(CC[NH3+])(CC[NH3+])CC[NH3+])cc2)cc1. The van der Waals surface area contributed by atoms with E-state index in [0.717, 1.165) is 82.6 Å². The van der Waals surface area contributed by atoms with Gasteiger partial charge in [-0.2, -0.15) is 0 Å². The lowest BCUT2D eigenvalue weighted by atomic mass is 9.82. The maximum Gasteiger partial charge on any atom is 0.251 e. The van der Waals surface area contributed by atoms with Crippen LogP contribution in [-0.4, -0.2) is 79.9 Å². The lowest BCUT2D eigenvalue weighted by molar-refractivity contribution is -0.387. The predicted molar refractivity (Wildman–Crippen MR) is 339 cm³/mol. The molecule has 0 aromatic heterocycles. The highest BCUT2D eigenvalue weighted by Gasteiger charge is 2.35. The van der Waals surface area contributed by atoms with Crippen molar-refractivity contribution < 1.29 is 41.2 Å². The van der Waals surface area contributed by atoms with Gasteiger partial charge in [-0.3, -0.25) is 24.0 Å². The summed E-state index contributed by atoms with van der Waals surface area (Å²) in [6, 6.07) is 14.3. The Morgan fingerprint density at radius 2 is 0.573 bits per heavy atom. The number of nitrogens with one attached hydrogen (secondary N) is 5. The molecule has 0 aliphatic carbocycles. The molecule has 0 fully saturated rings. The van der Waals surface area contributed by atoms with Gasteiger partial charge in [-0.25, -0.2) is 0 Å². The highest BCUT2D eigenvalue weighted by atomic mass is 16.2. The monoisotopic (exact) mass is 1140 g/mol. The summed E-state index contributed by atoms with van der Waals surface area (Å²) in [4.78, 5) is 68.6. The lowest BCUT2D eigenvalue weighted by Crippen LogP contribution is -2.64. The van der Waals surface area contributed by atoms with Crippen molar-refractivity contribution >= 4 is 29.5 Å². The summed E-state index contributed by atoms with van der Waals surface area (Å²) in [6.45, 7) is 10.7. The molecule has 0 unspecified atom stereocenters. The molecule has 0 bridgehead atoms. The third-order valence-electron chi connectivity index (χ3n) is 16.4. The minimum atomic E-state index is -1.01. The number of carbonyl (C=O) groups is 5. The molecule has 0 aliphatic rings. The molecule has 0 heterocycles. The third kappa shape index (κ3) is 36.1. The van der Waals surface area contributed by atoms with Gasteiger partial charge in [-0.05, 0) is 87.1 Å². The molecular weight excluding hydrogens is 1020 g/mol. The zero-order valence-electron chi connectivity index (χ0n) is 52.6. The molecule has 82 heavy (non-hydrogen) atoms. The molecule has 2 aromatic carbocycles. The first kappa shape index (κ1) is 73.3. The van der Waals surface area contributed by atoms with Crippen molar-refractivity contribution in [2.75, 3.05) is 39.3 Å². The first-order chi connectivity index (χ1) is 40.0. The van der Waals surface area contributed by atoms with E-state index < -0.39 is 5.54 Å². The van der Waals surface area contributed by atoms with E-state index in [1.165, 1.54) is 135 Å². The molecule has 13 nitrogen and oxygen atoms in total. The van der Waals surface area contributed by atoms with Gasteiger partial charge in [0.2, 0.25) is 17.7 Å². The predicted octanol–water partition coefficient (Wildman–Crippen LogP) is 11.4. The number of quaternary nitrogens is 3. The molecule has 5 amide bonds. The molecule has 0 atom stereocenters. The normalized spacial score (nSPS) is 11.4. The number of hydrogen-bond acceptors (Lipinski definition) is 5. The second kappa shape index (κ2) is 48.6. The summed E-state index contributed by atoms with van der Waals surface area (Å²) < 4.78 is 0. The maximum absolute atomic E-state index is 14.4. The molecule has 0 saturated heterocycles. The minimum absolute atomic E-state index is 0.0903. The molecule has 14 N–H and O–H groups in total. The van der Waals surface area contributed by atoms with Gasteiger partial charge in [0.15, 0.2) is 0 Å². The number of carbonyl (C=O) groups excluding carboxylic acids is 5. The summed E-state index contributed by atoms with van der Waals surface area (Å²) in [7, 11) is 0. The van der Waals surface area contributed by atoms with Gasteiger partial charge in [0.1, 0.15) is 0 Å². The summed E-state index contributed by atoms with van der Waals surface area (Å²) in [5.74, 6) is 5.65. The smallest absolute Gasteiger partial charge is 0.251 e. The fourth-order valence-electron chi connectivity index (χ4n) is 11.2. The number of rotatable bonds is 52. The Bertz CT molecular complexity index is 1910. The number of amides is 5. The van der Waals surface area contributed by atoms with Crippen molar-refractivity contribution in [2.45, 2.75) is 282 Å². The van der Waals surface area contributed by atoms with Gasteiger partial charge in [0.05, 0.1) is 25.2 Å². The van der Waals surface area contributed by atoms with Gasteiger partial charge in [-0.15, -0.1) is 0 Å². The van der Waals surface area contributed by atoms with Crippen LogP contribution in [0.2, 0.25) is 0 Å². The molecule has 0 radical (unpaired) electrons. The minimum Gasteiger partial charge on any atom is -0.357 e. The molecule has 0 spiro atoms. The molecule has 0 saturated carbocycles. The van der Waals surface area contributed by atoms with Crippen LogP contribution in [0.3, 0.4) is 0 Å². The summed E-state index contributed by atoms with van der Waals surface area (Å²) in [6.07, 6.45) is 40.1. The van der Waals surface area contributed by atoms with Gasteiger partial charge >= 0.3 is 0 Å². The van der Waals surface area contributed by atoms with Gasteiger partial charge in [0, 0.05) is 86.0 Å². The molecule has 13 heteroatoms. The lowest BCUT2D eigenvalue weighted by Gasteiger charge is -2.35. The van der Waals surface area contributed by atoms with E-state index in [2.05, 4.69) is 76.4 Å². The summed E-state index contributed by atoms with van der Waals surface area (Å²) in [5, 5.41) is 16.0. The van der Waals surface area contributed by atoms with Crippen molar-refractivity contribution in [3.05, 3.63) is 70.8 Å². The van der Waals surface area contributed by atoms with Crippen LogP contribution in [0.15, 0.2) is 48.5 Å². The zero-order valence-corrected chi connectivity index (χ0v) is 52.6. The van der Waals surface area contributed by atoms with Crippen molar-refractivity contribution in [1.29, 1.82) is 0 Å². The van der Waals surface area contributed by atoms with Crippen LogP contribution in [0, 0.1) is 11.8 Å². The second-order valence-electron chi connectivity index (χ2n) is 23.8. The van der Waals surface area contributed by atoms with E-state index in [-0.39, 0.29) is 73.6 Å². The van der Waals surface area contributed by atoms with Crippen LogP contribution in [0.4, 0.5) is 0 Å². The molecule has 2 rings (SSSR count). The Balaban J connectivity index is 2.25. The number of unbranched alkanes of at least 4 members (excludes halogenated alkanes) is 27. The fraction of sp³-hybridized carbons (Fsp3) is 0.725. The van der Waals surface area contributed by atoms with E-state index in [1.54, 1.807) is 24.3 Å². The van der Waals surface area contributed by atoms with E-state index in [0.29, 0.717) is 56.0 Å². The van der Waals surface area contributed by atoms with Gasteiger partial charge in [0.25, 0.3) is 11.8 Å².